The third-order valence-corrected chi connectivity index (χ3v) is 4.54. The quantitative estimate of drug-likeness (QED) is 0.885. The van der Waals surface area contributed by atoms with Crippen LogP contribution in [0, 0.1) is 0 Å². The number of fused-ring (bicyclic) bond motifs is 1. The highest BCUT2D eigenvalue weighted by Gasteiger charge is 2.18. The van der Waals surface area contributed by atoms with Gasteiger partial charge in [0.2, 0.25) is 0 Å². The smallest absolute Gasteiger partial charge is 0.0935 e. The molecule has 1 aliphatic rings. The number of aryl methyl sites for hydroxylation is 2. The first-order valence-electron chi connectivity index (χ1n) is 5.71. The second-order valence-electron chi connectivity index (χ2n) is 4.39. The third-order valence-electron chi connectivity index (χ3n) is 3.17. The maximum Gasteiger partial charge on any atom is 0.0935 e. The number of furan rings is 1. The van der Waals surface area contributed by atoms with Crippen molar-refractivity contribution in [3.05, 3.63) is 45.5 Å². The number of rotatable bonds is 3. The van der Waals surface area contributed by atoms with E-state index in [0.29, 0.717) is 0 Å². The molecule has 0 bridgehead atoms. The maximum absolute atomic E-state index is 6.22. The molecule has 2 nitrogen and oxygen atoms in total. The summed E-state index contributed by atoms with van der Waals surface area (Å²) in [5.41, 5.74) is 8.93. The number of thiophene rings is 1. The Morgan fingerprint density at radius 1 is 1.44 bits per heavy atom. The fourth-order valence-corrected chi connectivity index (χ4v) is 3.56. The molecule has 3 heteroatoms. The van der Waals surface area contributed by atoms with E-state index < -0.39 is 0 Å². The zero-order valence-electron chi connectivity index (χ0n) is 9.11. The zero-order chi connectivity index (χ0) is 11.0. The first-order chi connectivity index (χ1) is 7.83. The molecule has 84 valence electrons. The van der Waals surface area contributed by atoms with Crippen LogP contribution in [0.15, 0.2) is 29.1 Å². The molecular formula is C13H15NOS. The van der Waals surface area contributed by atoms with E-state index in [1.807, 2.05) is 17.4 Å². The van der Waals surface area contributed by atoms with Crippen molar-refractivity contribution in [3.8, 4) is 0 Å². The van der Waals surface area contributed by atoms with Gasteiger partial charge in [0.1, 0.15) is 0 Å². The lowest BCUT2D eigenvalue weighted by Gasteiger charge is -2.07. The Kier molecular flexibility index (Phi) is 2.58. The average molecular weight is 233 g/mol. The zero-order valence-corrected chi connectivity index (χ0v) is 9.93. The molecule has 0 amide bonds. The molecule has 1 unspecified atom stereocenters. The summed E-state index contributed by atoms with van der Waals surface area (Å²) >= 11 is 1.90. The molecule has 16 heavy (non-hydrogen) atoms. The van der Waals surface area contributed by atoms with Gasteiger partial charge in [0.05, 0.1) is 12.5 Å². The van der Waals surface area contributed by atoms with E-state index in [-0.39, 0.29) is 6.04 Å². The van der Waals surface area contributed by atoms with Crippen molar-refractivity contribution in [1.82, 2.24) is 0 Å². The van der Waals surface area contributed by atoms with E-state index in [9.17, 15) is 0 Å². The molecule has 1 atom stereocenters. The molecule has 2 aromatic rings. The van der Waals surface area contributed by atoms with E-state index in [4.69, 9.17) is 10.2 Å². The Bertz CT molecular complexity index is 451. The van der Waals surface area contributed by atoms with Gasteiger partial charge >= 0.3 is 0 Å². The van der Waals surface area contributed by atoms with Gasteiger partial charge in [-0.2, -0.15) is 0 Å². The summed E-state index contributed by atoms with van der Waals surface area (Å²) < 4.78 is 5.06. The highest BCUT2D eigenvalue weighted by Crippen LogP contribution is 2.33. The summed E-state index contributed by atoms with van der Waals surface area (Å²) in [6.45, 7) is 0. The van der Waals surface area contributed by atoms with Crippen LogP contribution in [0.5, 0.6) is 0 Å². The van der Waals surface area contributed by atoms with Gasteiger partial charge in [0, 0.05) is 15.8 Å². The van der Waals surface area contributed by atoms with Crippen molar-refractivity contribution >= 4 is 11.3 Å². The summed E-state index contributed by atoms with van der Waals surface area (Å²) in [5, 5.41) is 0. The van der Waals surface area contributed by atoms with Gasteiger partial charge in [-0.25, -0.2) is 0 Å². The predicted molar refractivity (Wildman–Crippen MR) is 65.7 cm³/mol. The molecule has 0 fully saturated rings. The molecule has 1 aliphatic carbocycles. The molecule has 0 aromatic carbocycles. The van der Waals surface area contributed by atoms with Crippen LogP contribution >= 0.6 is 11.3 Å². The summed E-state index contributed by atoms with van der Waals surface area (Å²) in [4.78, 5) is 2.88. The first-order valence-corrected chi connectivity index (χ1v) is 6.53. The van der Waals surface area contributed by atoms with Gasteiger partial charge in [-0.15, -0.1) is 11.3 Å². The van der Waals surface area contributed by atoms with Gasteiger partial charge in [-0.05, 0) is 48.9 Å². The lowest BCUT2D eigenvalue weighted by Crippen LogP contribution is -2.11. The molecule has 0 spiro atoms. The molecular weight excluding hydrogens is 218 g/mol. The van der Waals surface area contributed by atoms with Gasteiger partial charge in [0.25, 0.3) is 0 Å². The minimum absolute atomic E-state index is 0.119. The van der Waals surface area contributed by atoms with Crippen LogP contribution < -0.4 is 5.73 Å². The van der Waals surface area contributed by atoms with Crippen LogP contribution in [0.2, 0.25) is 0 Å². The Balaban J connectivity index is 1.76. The topological polar surface area (TPSA) is 39.2 Å². The highest BCUT2D eigenvalue weighted by atomic mass is 32.1. The SMILES string of the molecule is NC(Cc1ccoc1)c1cc2c(s1)CCC2. The molecule has 3 rings (SSSR count). The van der Waals surface area contributed by atoms with E-state index in [1.165, 1.54) is 35.3 Å². The second-order valence-corrected chi connectivity index (χ2v) is 5.56. The van der Waals surface area contributed by atoms with Gasteiger partial charge in [0.15, 0.2) is 0 Å². The Morgan fingerprint density at radius 3 is 3.12 bits per heavy atom. The fraction of sp³-hybridized carbons (Fsp3) is 0.385. The van der Waals surface area contributed by atoms with Crippen molar-refractivity contribution in [2.75, 3.05) is 0 Å². The maximum atomic E-state index is 6.22. The van der Waals surface area contributed by atoms with Crippen molar-refractivity contribution in [1.29, 1.82) is 0 Å². The molecule has 2 heterocycles. The minimum atomic E-state index is 0.119. The van der Waals surface area contributed by atoms with Crippen molar-refractivity contribution in [2.24, 2.45) is 5.73 Å². The fourth-order valence-electron chi connectivity index (χ4n) is 2.30. The summed E-state index contributed by atoms with van der Waals surface area (Å²) in [6.07, 6.45) is 8.16. The monoisotopic (exact) mass is 233 g/mol. The Morgan fingerprint density at radius 2 is 2.38 bits per heavy atom. The van der Waals surface area contributed by atoms with E-state index >= 15 is 0 Å². The summed E-state index contributed by atoms with van der Waals surface area (Å²) in [7, 11) is 0. The Labute approximate surface area is 99.1 Å². The average Bonchev–Trinajstić information content (AvgIpc) is 2.91. The van der Waals surface area contributed by atoms with Crippen LogP contribution in [-0.2, 0) is 19.3 Å². The lowest BCUT2D eigenvalue weighted by molar-refractivity contribution is 0.561. The molecule has 0 aliphatic heterocycles. The highest BCUT2D eigenvalue weighted by molar-refractivity contribution is 7.12. The summed E-state index contributed by atoms with van der Waals surface area (Å²) in [5.74, 6) is 0. The van der Waals surface area contributed by atoms with Crippen LogP contribution in [0.25, 0.3) is 0 Å². The Hall–Kier alpha value is -1.06. The van der Waals surface area contributed by atoms with Crippen LogP contribution in [-0.4, -0.2) is 0 Å². The number of hydrogen-bond donors (Lipinski definition) is 1. The van der Waals surface area contributed by atoms with Gasteiger partial charge in [-0.1, -0.05) is 0 Å². The van der Waals surface area contributed by atoms with Gasteiger partial charge in [-0.3, -0.25) is 0 Å². The number of nitrogens with two attached hydrogens (primary N) is 1. The first kappa shape index (κ1) is 10.1. The van der Waals surface area contributed by atoms with Crippen molar-refractivity contribution in [3.63, 3.8) is 0 Å². The molecule has 0 saturated carbocycles. The minimum Gasteiger partial charge on any atom is -0.472 e. The second kappa shape index (κ2) is 4.07. The normalized spacial score (nSPS) is 16.3. The van der Waals surface area contributed by atoms with E-state index in [1.54, 1.807) is 17.4 Å². The molecule has 2 aromatic heterocycles. The van der Waals surface area contributed by atoms with Crippen molar-refractivity contribution < 1.29 is 4.42 Å². The molecule has 2 N–H and O–H groups in total. The number of hydrogen-bond acceptors (Lipinski definition) is 3. The third kappa shape index (κ3) is 1.81. The van der Waals surface area contributed by atoms with Gasteiger partial charge < -0.3 is 10.2 Å². The molecule has 0 saturated heterocycles. The standard InChI is InChI=1S/C13H15NOS/c14-11(6-9-4-5-15-8-9)13-7-10-2-1-3-12(10)16-13/h4-5,7-8,11H,1-3,6,14H2. The predicted octanol–water partition coefficient (Wildman–Crippen LogP) is 3.07. The van der Waals surface area contributed by atoms with Crippen molar-refractivity contribution in [2.45, 2.75) is 31.7 Å². The molecule has 0 radical (unpaired) electrons. The summed E-state index contributed by atoms with van der Waals surface area (Å²) in [6, 6.07) is 4.41. The van der Waals surface area contributed by atoms with Crippen LogP contribution in [0.4, 0.5) is 0 Å². The van der Waals surface area contributed by atoms with Crippen LogP contribution in [0.3, 0.4) is 0 Å². The van der Waals surface area contributed by atoms with E-state index in [2.05, 4.69) is 6.07 Å². The van der Waals surface area contributed by atoms with E-state index in [0.717, 1.165) is 6.42 Å². The lowest BCUT2D eigenvalue weighted by atomic mass is 10.1. The largest absolute Gasteiger partial charge is 0.472 e. The van der Waals surface area contributed by atoms with Crippen LogP contribution in [0.1, 0.15) is 33.3 Å².